The molecule has 1 fully saturated rings. The van der Waals surface area contributed by atoms with E-state index in [0.29, 0.717) is 12.1 Å². The number of carbonyl (C=O) groups is 1. The van der Waals surface area contributed by atoms with Crippen molar-refractivity contribution in [3.8, 4) is 0 Å². The highest BCUT2D eigenvalue weighted by Crippen LogP contribution is 2.22. The highest BCUT2D eigenvalue weighted by molar-refractivity contribution is 5.82. The van der Waals surface area contributed by atoms with Gasteiger partial charge >= 0.3 is 0 Å². The molecule has 1 aromatic rings. The van der Waals surface area contributed by atoms with Crippen LogP contribution in [0.2, 0.25) is 0 Å². The van der Waals surface area contributed by atoms with Gasteiger partial charge in [-0.25, -0.2) is 0 Å². The lowest BCUT2D eigenvalue weighted by Gasteiger charge is -2.25. The third kappa shape index (κ3) is 2.48. The van der Waals surface area contributed by atoms with E-state index in [1.807, 2.05) is 6.07 Å². The molecule has 0 aromatic heterocycles. The number of aliphatic hydroxyl groups is 2. The number of nitrogens with zero attached hydrogens (tertiary/aromatic N) is 1. The van der Waals surface area contributed by atoms with Gasteiger partial charge in [-0.05, 0) is 18.4 Å². The molecule has 17 heavy (non-hydrogen) atoms. The van der Waals surface area contributed by atoms with Crippen molar-refractivity contribution < 1.29 is 15.0 Å². The summed E-state index contributed by atoms with van der Waals surface area (Å²) in [5.41, 5.74) is 0.598. The zero-order chi connectivity index (χ0) is 12.3. The van der Waals surface area contributed by atoms with Crippen molar-refractivity contribution in [3.05, 3.63) is 35.9 Å². The number of carbonyl (C=O) groups excluding carboxylic acids is 1. The van der Waals surface area contributed by atoms with Crippen LogP contribution in [0.25, 0.3) is 0 Å². The number of hydrogen-bond acceptors (Lipinski definition) is 3. The molecule has 4 heteroatoms. The predicted molar refractivity (Wildman–Crippen MR) is 63.2 cm³/mol. The van der Waals surface area contributed by atoms with Gasteiger partial charge in [-0.3, -0.25) is 4.79 Å². The number of hydrogen-bond donors (Lipinski definition) is 2. The monoisotopic (exact) mass is 235 g/mol. The fraction of sp³-hybridized carbons (Fsp3) is 0.462. The van der Waals surface area contributed by atoms with Gasteiger partial charge in [0.15, 0.2) is 6.10 Å². The van der Waals surface area contributed by atoms with E-state index in [-0.39, 0.29) is 18.6 Å². The number of rotatable bonds is 3. The molecule has 1 aliphatic rings. The normalized spacial score (nSPS) is 21.5. The molecule has 1 aromatic carbocycles. The second-order valence-electron chi connectivity index (χ2n) is 4.32. The first-order valence-corrected chi connectivity index (χ1v) is 5.88. The van der Waals surface area contributed by atoms with Crippen molar-refractivity contribution in [2.45, 2.75) is 25.0 Å². The van der Waals surface area contributed by atoms with E-state index in [1.54, 1.807) is 29.2 Å². The fourth-order valence-electron chi connectivity index (χ4n) is 2.25. The van der Waals surface area contributed by atoms with E-state index < -0.39 is 6.10 Å². The standard InChI is InChI=1S/C13H17NO3/c15-9-11-7-4-8-14(11)13(17)12(16)10-5-2-1-3-6-10/h1-3,5-6,11-12,15-16H,4,7-9H2/t11-,12+/m0/s1. The van der Waals surface area contributed by atoms with Crippen LogP contribution in [0.4, 0.5) is 0 Å². The Morgan fingerprint density at radius 2 is 2.12 bits per heavy atom. The van der Waals surface area contributed by atoms with Gasteiger partial charge in [0.1, 0.15) is 0 Å². The van der Waals surface area contributed by atoms with E-state index in [2.05, 4.69) is 0 Å². The van der Waals surface area contributed by atoms with Crippen LogP contribution in [-0.2, 0) is 4.79 Å². The van der Waals surface area contributed by atoms with E-state index in [0.717, 1.165) is 12.8 Å². The first kappa shape index (κ1) is 12.1. The van der Waals surface area contributed by atoms with Crippen molar-refractivity contribution in [2.24, 2.45) is 0 Å². The Bertz CT molecular complexity index is 380. The third-order valence-corrected chi connectivity index (χ3v) is 3.22. The predicted octanol–water partition coefficient (Wildman–Crippen LogP) is 0.703. The topological polar surface area (TPSA) is 60.8 Å². The van der Waals surface area contributed by atoms with Crippen LogP contribution in [-0.4, -0.2) is 40.2 Å². The second kappa shape index (κ2) is 5.29. The maximum absolute atomic E-state index is 12.1. The Kier molecular flexibility index (Phi) is 3.76. The SMILES string of the molecule is O=C([C@H](O)c1ccccc1)N1CCC[C@H]1CO. The van der Waals surface area contributed by atoms with Crippen molar-refractivity contribution >= 4 is 5.91 Å². The first-order chi connectivity index (χ1) is 8.24. The zero-order valence-corrected chi connectivity index (χ0v) is 9.62. The van der Waals surface area contributed by atoms with Crippen LogP contribution in [0.3, 0.4) is 0 Å². The van der Waals surface area contributed by atoms with Gasteiger partial charge in [-0.1, -0.05) is 30.3 Å². The average molecular weight is 235 g/mol. The summed E-state index contributed by atoms with van der Waals surface area (Å²) < 4.78 is 0. The lowest BCUT2D eigenvalue weighted by Crippen LogP contribution is -2.40. The Balaban J connectivity index is 2.10. The van der Waals surface area contributed by atoms with Gasteiger partial charge in [-0.15, -0.1) is 0 Å². The Hall–Kier alpha value is -1.39. The van der Waals surface area contributed by atoms with Gasteiger partial charge in [0.25, 0.3) is 5.91 Å². The van der Waals surface area contributed by atoms with Crippen molar-refractivity contribution in [1.82, 2.24) is 4.90 Å². The molecule has 0 unspecified atom stereocenters. The van der Waals surface area contributed by atoms with Crippen molar-refractivity contribution in [1.29, 1.82) is 0 Å². The maximum Gasteiger partial charge on any atom is 0.256 e. The van der Waals surface area contributed by atoms with Gasteiger partial charge in [0.05, 0.1) is 12.6 Å². The van der Waals surface area contributed by atoms with E-state index in [1.165, 1.54) is 0 Å². The largest absolute Gasteiger partial charge is 0.394 e. The van der Waals surface area contributed by atoms with Crippen LogP contribution in [0.5, 0.6) is 0 Å². The van der Waals surface area contributed by atoms with E-state index in [9.17, 15) is 9.90 Å². The summed E-state index contributed by atoms with van der Waals surface area (Å²) in [6, 6.07) is 8.74. The summed E-state index contributed by atoms with van der Waals surface area (Å²) in [5, 5.41) is 19.2. The number of benzene rings is 1. The zero-order valence-electron chi connectivity index (χ0n) is 9.62. The molecular weight excluding hydrogens is 218 g/mol. The van der Waals surface area contributed by atoms with Crippen LogP contribution in [0, 0.1) is 0 Å². The minimum absolute atomic E-state index is 0.0345. The van der Waals surface area contributed by atoms with Crippen LogP contribution in [0.1, 0.15) is 24.5 Å². The van der Waals surface area contributed by atoms with E-state index >= 15 is 0 Å². The molecule has 1 aliphatic heterocycles. The fourth-order valence-corrected chi connectivity index (χ4v) is 2.25. The minimum atomic E-state index is -1.12. The number of aliphatic hydroxyl groups excluding tert-OH is 2. The molecule has 0 saturated carbocycles. The van der Waals surface area contributed by atoms with Crippen molar-refractivity contribution in [3.63, 3.8) is 0 Å². The molecule has 2 rings (SSSR count). The highest BCUT2D eigenvalue weighted by Gasteiger charge is 2.32. The summed E-state index contributed by atoms with van der Waals surface area (Å²) in [4.78, 5) is 13.7. The Morgan fingerprint density at radius 3 is 2.76 bits per heavy atom. The quantitative estimate of drug-likeness (QED) is 0.811. The van der Waals surface area contributed by atoms with E-state index in [4.69, 9.17) is 5.11 Å². The minimum Gasteiger partial charge on any atom is -0.394 e. The molecule has 0 aliphatic carbocycles. The Labute approximate surface area is 100 Å². The summed E-state index contributed by atoms with van der Waals surface area (Å²) in [6.45, 7) is 0.585. The van der Waals surface area contributed by atoms with Gasteiger partial charge < -0.3 is 15.1 Å². The molecule has 1 heterocycles. The van der Waals surface area contributed by atoms with Crippen LogP contribution >= 0.6 is 0 Å². The number of likely N-dealkylation sites (tertiary alicyclic amines) is 1. The van der Waals surface area contributed by atoms with Gasteiger partial charge in [0.2, 0.25) is 0 Å². The second-order valence-corrected chi connectivity index (χ2v) is 4.32. The molecule has 0 radical (unpaired) electrons. The maximum atomic E-state index is 12.1. The van der Waals surface area contributed by atoms with Gasteiger partial charge in [-0.2, -0.15) is 0 Å². The lowest BCUT2D eigenvalue weighted by molar-refractivity contribution is -0.142. The summed E-state index contributed by atoms with van der Waals surface area (Å²) in [5.74, 6) is -0.312. The molecule has 4 nitrogen and oxygen atoms in total. The summed E-state index contributed by atoms with van der Waals surface area (Å²) >= 11 is 0. The van der Waals surface area contributed by atoms with Gasteiger partial charge in [0, 0.05) is 6.54 Å². The highest BCUT2D eigenvalue weighted by atomic mass is 16.3. The molecule has 2 atom stereocenters. The smallest absolute Gasteiger partial charge is 0.256 e. The molecule has 0 spiro atoms. The average Bonchev–Trinajstić information content (AvgIpc) is 2.86. The molecular formula is C13H17NO3. The van der Waals surface area contributed by atoms with Crippen LogP contribution in [0.15, 0.2) is 30.3 Å². The molecule has 92 valence electrons. The number of amides is 1. The first-order valence-electron chi connectivity index (χ1n) is 5.88. The van der Waals surface area contributed by atoms with Crippen LogP contribution < -0.4 is 0 Å². The molecule has 2 N–H and O–H groups in total. The molecule has 1 amide bonds. The van der Waals surface area contributed by atoms with Crippen molar-refractivity contribution in [2.75, 3.05) is 13.2 Å². The molecule has 1 saturated heterocycles. The Morgan fingerprint density at radius 1 is 1.41 bits per heavy atom. The lowest BCUT2D eigenvalue weighted by atomic mass is 10.1. The summed E-state index contributed by atoms with van der Waals surface area (Å²) in [7, 11) is 0. The summed E-state index contributed by atoms with van der Waals surface area (Å²) in [6.07, 6.45) is 0.575. The molecule has 0 bridgehead atoms. The third-order valence-electron chi connectivity index (χ3n) is 3.22.